The predicted molar refractivity (Wildman–Crippen MR) is 97.6 cm³/mol. The maximum absolute atomic E-state index is 14.4. The van der Waals surface area contributed by atoms with Crippen molar-refractivity contribution in [1.29, 1.82) is 0 Å². The van der Waals surface area contributed by atoms with Gasteiger partial charge in [0.05, 0.1) is 19.6 Å². The summed E-state index contributed by atoms with van der Waals surface area (Å²) in [7, 11) is 0. The number of ether oxygens (including phenoxy) is 1. The number of carbonyl (C=O) groups is 2. The molecule has 0 saturated heterocycles. The lowest BCUT2D eigenvalue weighted by molar-refractivity contribution is -0.136. The summed E-state index contributed by atoms with van der Waals surface area (Å²) in [4.78, 5) is 26.7. The third-order valence-electron chi connectivity index (χ3n) is 4.52. The van der Waals surface area contributed by atoms with Crippen LogP contribution in [0.4, 0.5) is 9.18 Å². The van der Waals surface area contributed by atoms with E-state index in [1.807, 2.05) is 6.92 Å². The number of benzene rings is 2. The minimum Gasteiger partial charge on any atom is -0.493 e. The fourth-order valence-electron chi connectivity index (χ4n) is 3.40. The molecular weight excluding hydrogens is 369 g/mol. The summed E-state index contributed by atoms with van der Waals surface area (Å²) < 4.78 is 20.1. The highest BCUT2D eigenvalue weighted by Crippen LogP contribution is 2.38. The highest BCUT2D eigenvalue weighted by Gasteiger charge is 2.26. The number of carboxylic acids is 1. The molecule has 7 nitrogen and oxygen atoms in total. The van der Waals surface area contributed by atoms with Gasteiger partial charge in [-0.3, -0.25) is 4.79 Å². The molecule has 1 aliphatic rings. The smallest absolute Gasteiger partial charge is 0.493 e. The van der Waals surface area contributed by atoms with Crippen LogP contribution in [0.25, 0.3) is 11.1 Å². The summed E-state index contributed by atoms with van der Waals surface area (Å²) in [6, 6.07) is 8.05. The summed E-state index contributed by atoms with van der Waals surface area (Å²) in [5.74, 6) is -0.785. The molecule has 2 aromatic rings. The Morgan fingerprint density at radius 2 is 1.93 bits per heavy atom. The van der Waals surface area contributed by atoms with Gasteiger partial charge in [0.2, 0.25) is 0 Å². The van der Waals surface area contributed by atoms with Crippen molar-refractivity contribution < 1.29 is 33.8 Å². The molecule has 0 saturated carbocycles. The van der Waals surface area contributed by atoms with Gasteiger partial charge < -0.3 is 19.8 Å². The maximum Gasteiger partial charge on any atom is 0.525 e. The Bertz CT molecular complexity index is 914. The Morgan fingerprint density at radius 1 is 1.14 bits per heavy atom. The number of aliphatic carboxylic acids is 1. The predicted octanol–water partition coefficient (Wildman–Crippen LogP) is 3.49. The number of halogens is 1. The maximum atomic E-state index is 14.4. The van der Waals surface area contributed by atoms with E-state index in [9.17, 15) is 14.0 Å². The lowest BCUT2D eigenvalue weighted by Crippen LogP contribution is -2.33. The van der Waals surface area contributed by atoms with Crippen LogP contribution in [0, 0.1) is 5.82 Å². The normalized spacial score (nSPS) is 13.6. The van der Waals surface area contributed by atoms with Gasteiger partial charge in [-0.2, -0.15) is 0 Å². The minimum atomic E-state index is -1.43. The molecule has 1 heterocycles. The van der Waals surface area contributed by atoms with E-state index in [1.54, 1.807) is 24.3 Å². The Kier molecular flexibility index (Phi) is 5.79. The van der Waals surface area contributed by atoms with Crippen LogP contribution in [0.5, 0.6) is 5.75 Å². The van der Waals surface area contributed by atoms with Crippen LogP contribution in [0.15, 0.2) is 30.3 Å². The number of rotatable bonds is 6. The fourth-order valence-corrected chi connectivity index (χ4v) is 3.40. The van der Waals surface area contributed by atoms with Gasteiger partial charge in [-0.25, -0.2) is 9.18 Å². The molecule has 0 amide bonds. The Morgan fingerprint density at radius 3 is 2.61 bits per heavy atom. The van der Waals surface area contributed by atoms with E-state index in [0.717, 1.165) is 0 Å². The molecule has 0 radical (unpaired) electrons. The summed E-state index contributed by atoms with van der Waals surface area (Å²) in [5, 5.41) is 19.2. The van der Waals surface area contributed by atoms with Gasteiger partial charge in [0.25, 0.3) is 0 Å². The highest BCUT2D eigenvalue weighted by atomic mass is 19.1. The zero-order valence-corrected chi connectivity index (χ0v) is 15.3. The van der Waals surface area contributed by atoms with Gasteiger partial charge in [0.1, 0.15) is 11.6 Å². The van der Waals surface area contributed by atoms with Gasteiger partial charge in [-0.05, 0) is 53.8 Å². The average molecular weight is 389 g/mol. The molecule has 2 N–H and O–H groups in total. The highest BCUT2D eigenvalue weighted by molar-refractivity contribution is 5.77. The molecule has 0 spiro atoms. The second kappa shape index (κ2) is 8.26. The molecule has 0 atom stereocenters. The lowest BCUT2D eigenvalue weighted by atomic mass is 9.90. The summed E-state index contributed by atoms with van der Waals surface area (Å²) in [5.41, 5.74) is 2.97. The third-order valence-corrected chi connectivity index (χ3v) is 4.52. The first kappa shape index (κ1) is 19.6. The van der Waals surface area contributed by atoms with Crippen molar-refractivity contribution >= 4 is 12.1 Å². The molecule has 0 bridgehead atoms. The van der Waals surface area contributed by atoms with Crippen LogP contribution in [0.3, 0.4) is 0 Å². The van der Waals surface area contributed by atoms with Crippen LogP contribution in [0.1, 0.15) is 23.6 Å². The van der Waals surface area contributed by atoms with Gasteiger partial charge in [0, 0.05) is 12.1 Å². The van der Waals surface area contributed by atoms with Crippen molar-refractivity contribution in [2.75, 3.05) is 13.2 Å². The van der Waals surface area contributed by atoms with E-state index in [0.29, 0.717) is 46.6 Å². The Labute approximate surface area is 160 Å². The fraction of sp³-hybridized carbons (Fsp3) is 0.300. The lowest BCUT2D eigenvalue weighted by Gasteiger charge is -2.28. The van der Waals surface area contributed by atoms with Crippen molar-refractivity contribution in [1.82, 2.24) is 5.06 Å². The van der Waals surface area contributed by atoms with Gasteiger partial charge in [-0.15, -0.1) is 5.06 Å². The van der Waals surface area contributed by atoms with Crippen molar-refractivity contribution in [3.63, 3.8) is 0 Å². The Balaban J connectivity index is 2.10. The van der Waals surface area contributed by atoms with Crippen molar-refractivity contribution in [2.45, 2.75) is 26.3 Å². The largest absolute Gasteiger partial charge is 0.525 e. The molecule has 0 aromatic heterocycles. The van der Waals surface area contributed by atoms with E-state index in [-0.39, 0.29) is 25.3 Å². The number of hydroxylamine groups is 2. The molecule has 3 rings (SSSR count). The first-order chi connectivity index (χ1) is 13.4. The molecule has 8 heteroatoms. The zero-order chi connectivity index (χ0) is 20.3. The molecule has 0 unspecified atom stereocenters. The molecule has 28 heavy (non-hydrogen) atoms. The van der Waals surface area contributed by atoms with Gasteiger partial charge in [-0.1, -0.05) is 12.1 Å². The Hall–Kier alpha value is -3.13. The molecule has 1 aliphatic heterocycles. The molecule has 0 aliphatic carbocycles. The number of nitrogens with zero attached hydrogens (tertiary/aromatic N) is 1. The van der Waals surface area contributed by atoms with Crippen molar-refractivity contribution in [2.24, 2.45) is 0 Å². The number of hydrogen-bond acceptors (Lipinski definition) is 5. The van der Waals surface area contributed by atoms with Crippen molar-refractivity contribution in [3.8, 4) is 16.9 Å². The third kappa shape index (κ3) is 4.23. The molecule has 2 aromatic carbocycles. The standard InChI is InChI=1S/C20H20FNO6/c1-2-27-18-6-3-12(10-19(23)24)9-15(18)13-4-5-17(21)14-7-8-22(11-16(13)14)28-20(25)26/h3-6,9H,2,7-8,10-11H2,1H3,(H,23,24)(H,25,26). The van der Waals surface area contributed by atoms with Crippen LogP contribution in [0.2, 0.25) is 0 Å². The molecular formula is C20H20FNO6. The van der Waals surface area contributed by atoms with Crippen LogP contribution in [-0.4, -0.2) is 40.6 Å². The van der Waals surface area contributed by atoms with E-state index in [2.05, 4.69) is 0 Å². The monoisotopic (exact) mass is 389 g/mol. The second-order valence-corrected chi connectivity index (χ2v) is 6.36. The van der Waals surface area contributed by atoms with Crippen LogP contribution in [-0.2, 0) is 29.0 Å². The van der Waals surface area contributed by atoms with Gasteiger partial charge in [0.15, 0.2) is 0 Å². The zero-order valence-electron chi connectivity index (χ0n) is 15.3. The van der Waals surface area contributed by atoms with Crippen LogP contribution >= 0.6 is 0 Å². The van der Waals surface area contributed by atoms with E-state index in [4.69, 9.17) is 19.8 Å². The summed E-state index contributed by atoms with van der Waals surface area (Å²) >= 11 is 0. The molecule has 0 fully saturated rings. The topological polar surface area (TPSA) is 96.3 Å². The number of fused-ring (bicyclic) bond motifs is 1. The number of carboxylic acid groups (broad SMARTS) is 2. The summed E-state index contributed by atoms with van der Waals surface area (Å²) in [6.45, 7) is 2.57. The summed E-state index contributed by atoms with van der Waals surface area (Å²) in [6.07, 6.45) is -1.29. The van der Waals surface area contributed by atoms with E-state index >= 15 is 0 Å². The van der Waals surface area contributed by atoms with E-state index in [1.165, 1.54) is 11.1 Å². The first-order valence-corrected chi connectivity index (χ1v) is 8.83. The molecule has 148 valence electrons. The quantitative estimate of drug-likeness (QED) is 0.781. The SMILES string of the molecule is CCOc1ccc(CC(=O)O)cc1-c1ccc(F)c2c1CN(OC(=O)O)CC2. The van der Waals surface area contributed by atoms with Gasteiger partial charge >= 0.3 is 12.1 Å². The minimum absolute atomic E-state index is 0.0868. The van der Waals surface area contributed by atoms with E-state index < -0.39 is 12.1 Å². The average Bonchev–Trinajstić information content (AvgIpc) is 2.63. The number of hydrogen-bond donors (Lipinski definition) is 2. The van der Waals surface area contributed by atoms with Crippen molar-refractivity contribution in [3.05, 3.63) is 52.8 Å². The second-order valence-electron chi connectivity index (χ2n) is 6.36. The first-order valence-electron chi connectivity index (χ1n) is 8.83. The van der Waals surface area contributed by atoms with Crippen LogP contribution < -0.4 is 4.74 Å².